The van der Waals surface area contributed by atoms with Crippen molar-refractivity contribution in [1.29, 1.82) is 0 Å². The molecule has 0 aliphatic carbocycles. The molecule has 9 nitrogen and oxygen atoms in total. The fraction of sp³-hybridized carbons (Fsp3) is 0.100. The third kappa shape index (κ3) is 4.76. The van der Waals surface area contributed by atoms with E-state index in [4.69, 9.17) is 21.1 Å². The van der Waals surface area contributed by atoms with E-state index in [1.54, 1.807) is 24.3 Å². The fourth-order valence-corrected chi connectivity index (χ4v) is 2.85. The van der Waals surface area contributed by atoms with E-state index in [2.05, 4.69) is 4.98 Å². The van der Waals surface area contributed by atoms with E-state index in [1.807, 2.05) is 23.2 Å². The van der Waals surface area contributed by atoms with Gasteiger partial charge in [0.2, 0.25) is 0 Å². The van der Waals surface area contributed by atoms with Crippen LogP contribution in [-0.2, 0) is 6.61 Å². The lowest BCUT2D eigenvalue weighted by Crippen LogP contribution is -2.25. The number of nitrogens with one attached hydrogen (secondary N) is 2. The van der Waals surface area contributed by atoms with Crippen LogP contribution < -0.4 is 20.7 Å². The van der Waals surface area contributed by atoms with Gasteiger partial charge in [0.15, 0.2) is 11.5 Å². The van der Waals surface area contributed by atoms with Crippen molar-refractivity contribution in [3.63, 3.8) is 0 Å². The highest BCUT2D eigenvalue weighted by molar-refractivity contribution is 6.31. The predicted molar refractivity (Wildman–Crippen MR) is 112 cm³/mol. The van der Waals surface area contributed by atoms with Gasteiger partial charge in [-0.05, 0) is 29.8 Å². The average molecular weight is 430 g/mol. The molecule has 2 N–H and O–H groups in total. The van der Waals surface area contributed by atoms with Gasteiger partial charge < -0.3 is 14.5 Å². The number of H-pyrrole nitrogens is 2. The van der Waals surface area contributed by atoms with Crippen LogP contribution in [0.4, 0.5) is 5.69 Å². The van der Waals surface area contributed by atoms with Gasteiger partial charge in [0, 0.05) is 10.6 Å². The van der Waals surface area contributed by atoms with Crippen molar-refractivity contribution in [2.75, 3.05) is 7.11 Å². The molecule has 0 radical (unpaired) electrons. The summed E-state index contributed by atoms with van der Waals surface area (Å²) in [5.74, 6) is 0.906. The van der Waals surface area contributed by atoms with E-state index in [9.17, 15) is 19.7 Å². The Morgan fingerprint density at radius 2 is 1.87 bits per heavy atom. The third-order valence-corrected chi connectivity index (χ3v) is 4.47. The van der Waals surface area contributed by atoms with Crippen molar-refractivity contribution in [2.24, 2.45) is 0 Å². The monoisotopic (exact) mass is 429 g/mol. The zero-order valence-electron chi connectivity index (χ0n) is 15.7. The van der Waals surface area contributed by atoms with E-state index in [0.717, 1.165) is 5.56 Å². The van der Waals surface area contributed by atoms with Crippen molar-refractivity contribution in [3.8, 4) is 11.5 Å². The van der Waals surface area contributed by atoms with Crippen LogP contribution in [0, 0.1) is 10.1 Å². The molecule has 3 aromatic rings. The Bertz CT molecular complexity index is 1230. The second kappa shape index (κ2) is 9.10. The van der Waals surface area contributed by atoms with Gasteiger partial charge in [0.25, 0.3) is 0 Å². The summed E-state index contributed by atoms with van der Waals surface area (Å²) in [5.41, 5.74) is -1.47. The summed E-state index contributed by atoms with van der Waals surface area (Å²) in [6, 6.07) is 12.3. The van der Waals surface area contributed by atoms with Crippen LogP contribution in [0.3, 0.4) is 0 Å². The van der Waals surface area contributed by atoms with Crippen molar-refractivity contribution in [2.45, 2.75) is 6.61 Å². The summed E-state index contributed by atoms with van der Waals surface area (Å²) in [4.78, 5) is 37.4. The van der Waals surface area contributed by atoms with E-state index in [0.29, 0.717) is 22.1 Å². The summed E-state index contributed by atoms with van der Waals surface area (Å²) in [5, 5.41) is 11.7. The molecular weight excluding hydrogens is 414 g/mol. The van der Waals surface area contributed by atoms with Crippen molar-refractivity contribution in [3.05, 3.63) is 95.3 Å². The highest BCUT2D eigenvalue weighted by Gasteiger charge is 2.18. The highest BCUT2D eigenvalue weighted by atomic mass is 35.5. The minimum Gasteiger partial charge on any atom is -0.493 e. The maximum atomic E-state index is 11.7. The number of aromatic amines is 2. The number of rotatable bonds is 7. The van der Waals surface area contributed by atoms with Crippen LogP contribution in [0.1, 0.15) is 16.8 Å². The van der Waals surface area contributed by atoms with Crippen LogP contribution >= 0.6 is 11.6 Å². The number of halogens is 1. The SMILES string of the molecule is COc1cc(C=Cc2[nH]c(=O)[nH]c(=O)c2[N+](=O)[O-])ccc1OCc1ccccc1Cl. The summed E-state index contributed by atoms with van der Waals surface area (Å²) >= 11 is 6.13. The van der Waals surface area contributed by atoms with Crippen LogP contribution in [0.5, 0.6) is 11.5 Å². The molecule has 1 heterocycles. The molecule has 0 fully saturated rings. The number of methoxy groups -OCH3 is 1. The number of hydrogen-bond acceptors (Lipinski definition) is 6. The smallest absolute Gasteiger partial charge is 0.357 e. The van der Waals surface area contributed by atoms with Gasteiger partial charge >= 0.3 is 16.9 Å². The number of nitro groups is 1. The first-order valence-electron chi connectivity index (χ1n) is 8.62. The summed E-state index contributed by atoms with van der Waals surface area (Å²) in [6.07, 6.45) is 2.77. The normalized spacial score (nSPS) is 10.9. The van der Waals surface area contributed by atoms with Crippen molar-refractivity contribution >= 4 is 29.4 Å². The van der Waals surface area contributed by atoms with Gasteiger partial charge in [-0.15, -0.1) is 0 Å². The molecule has 0 atom stereocenters. The van der Waals surface area contributed by atoms with Gasteiger partial charge in [-0.25, -0.2) is 4.79 Å². The minimum absolute atomic E-state index is 0.216. The number of ether oxygens (including phenoxy) is 2. The fourth-order valence-electron chi connectivity index (χ4n) is 2.66. The van der Waals surface area contributed by atoms with Crippen LogP contribution in [0.2, 0.25) is 5.02 Å². The molecule has 0 spiro atoms. The number of benzene rings is 2. The molecule has 10 heteroatoms. The number of hydrogen-bond donors (Lipinski definition) is 2. The van der Waals surface area contributed by atoms with E-state index >= 15 is 0 Å². The molecule has 0 bridgehead atoms. The summed E-state index contributed by atoms with van der Waals surface area (Å²) in [7, 11) is 1.48. The zero-order chi connectivity index (χ0) is 21.7. The average Bonchev–Trinajstić information content (AvgIpc) is 2.71. The molecule has 30 heavy (non-hydrogen) atoms. The van der Waals surface area contributed by atoms with Gasteiger partial charge in [-0.2, -0.15) is 0 Å². The Balaban J connectivity index is 1.85. The first-order chi connectivity index (χ1) is 14.4. The number of nitrogens with zero attached hydrogens (tertiary/aromatic N) is 1. The first-order valence-corrected chi connectivity index (χ1v) is 9.00. The zero-order valence-corrected chi connectivity index (χ0v) is 16.4. The van der Waals surface area contributed by atoms with Crippen LogP contribution in [-0.4, -0.2) is 22.0 Å². The Kier molecular flexibility index (Phi) is 6.33. The molecule has 3 rings (SSSR count). The lowest BCUT2D eigenvalue weighted by atomic mass is 10.1. The molecule has 0 saturated carbocycles. The first kappa shape index (κ1) is 20.9. The molecule has 1 aromatic heterocycles. The molecule has 2 aromatic carbocycles. The molecule has 0 aliphatic rings. The van der Waals surface area contributed by atoms with Crippen molar-refractivity contribution < 1.29 is 14.4 Å². The van der Waals surface area contributed by atoms with Crippen molar-refractivity contribution in [1.82, 2.24) is 9.97 Å². The maximum Gasteiger partial charge on any atom is 0.357 e. The minimum atomic E-state index is -1.08. The lowest BCUT2D eigenvalue weighted by Gasteiger charge is -2.12. The lowest BCUT2D eigenvalue weighted by molar-refractivity contribution is -0.386. The second-order valence-electron chi connectivity index (χ2n) is 6.05. The van der Waals surface area contributed by atoms with Crippen LogP contribution in [0.15, 0.2) is 52.1 Å². The topological polar surface area (TPSA) is 127 Å². The molecule has 0 aliphatic heterocycles. The number of aromatic nitrogens is 2. The predicted octanol–water partition coefficient (Wildman–Crippen LogP) is 3.38. The Hall–Kier alpha value is -3.85. The highest BCUT2D eigenvalue weighted by Crippen LogP contribution is 2.30. The third-order valence-electron chi connectivity index (χ3n) is 4.10. The van der Waals surface area contributed by atoms with E-state index in [1.165, 1.54) is 19.3 Å². The molecular formula is C20H16ClN3O6. The maximum absolute atomic E-state index is 11.7. The standard InChI is InChI=1S/C20H16ClN3O6/c1-29-17-10-12(6-8-15-18(24(27)28)19(25)23-20(26)22-15)7-9-16(17)30-11-13-4-2-3-5-14(13)21/h2-10H,11H2,1H3,(H2,22,23,25,26). The van der Waals surface area contributed by atoms with Crippen LogP contribution in [0.25, 0.3) is 12.2 Å². The van der Waals surface area contributed by atoms with Gasteiger partial charge in [0.05, 0.1) is 12.0 Å². The van der Waals surface area contributed by atoms with Gasteiger partial charge in [0.1, 0.15) is 12.3 Å². The molecule has 154 valence electrons. The quantitative estimate of drug-likeness (QED) is 0.437. The largest absolute Gasteiger partial charge is 0.493 e. The Labute approximate surface area is 174 Å². The molecule has 0 unspecified atom stereocenters. The van der Waals surface area contributed by atoms with Gasteiger partial charge in [-0.1, -0.05) is 41.9 Å². The second-order valence-corrected chi connectivity index (χ2v) is 6.46. The molecule has 0 saturated heterocycles. The molecule has 0 amide bonds. The van der Waals surface area contributed by atoms with E-state index < -0.39 is 21.9 Å². The summed E-state index contributed by atoms with van der Waals surface area (Å²) in [6.45, 7) is 0.242. The van der Waals surface area contributed by atoms with Gasteiger partial charge in [-0.3, -0.25) is 19.9 Å². The van der Waals surface area contributed by atoms with E-state index in [-0.39, 0.29) is 12.3 Å². The Morgan fingerprint density at radius 1 is 1.10 bits per heavy atom. The summed E-state index contributed by atoms with van der Waals surface area (Å²) < 4.78 is 11.1. The Morgan fingerprint density at radius 3 is 2.57 bits per heavy atom.